The molecular weight excluding hydrogens is 344 g/mol. The number of nitrogens with zero attached hydrogens (tertiary/aromatic N) is 4. The Balaban J connectivity index is 1.49. The lowest BCUT2D eigenvalue weighted by molar-refractivity contribution is -0.118. The van der Waals surface area contributed by atoms with E-state index in [1.165, 1.54) is 0 Å². The summed E-state index contributed by atoms with van der Waals surface area (Å²) in [4.78, 5) is 27.0. The maximum Gasteiger partial charge on any atom is 0.255 e. The normalized spacial score (nSPS) is 16.7. The highest BCUT2D eigenvalue weighted by atomic mass is 16.2. The lowest BCUT2D eigenvalue weighted by Crippen LogP contribution is -2.41. The number of amides is 2. The number of carbonyl (C=O) groups is 2. The Hall–Kier alpha value is -3.42. The first-order chi connectivity index (χ1) is 13.1. The molecule has 3 heterocycles. The van der Waals surface area contributed by atoms with Crippen LogP contribution >= 0.6 is 0 Å². The third kappa shape index (κ3) is 3.33. The first-order valence-electron chi connectivity index (χ1n) is 8.80. The maximum absolute atomic E-state index is 12.8. The number of hydrogen-bond acceptors (Lipinski definition) is 4. The van der Waals surface area contributed by atoms with Crippen molar-refractivity contribution in [1.29, 1.82) is 0 Å². The van der Waals surface area contributed by atoms with Crippen molar-refractivity contribution >= 4 is 17.6 Å². The van der Waals surface area contributed by atoms with Gasteiger partial charge in [-0.1, -0.05) is 30.3 Å². The molecule has 1 fully saturated rings. The highest BCUT2D eigenvalue weighted by molar-refractivity contribution is 6.03. The summed E-state index contributed by atoms with van der Waals surface area (Å²) < 4.78 is 1.70. The first-order valence-corrected chi connectivity index (χ1v) is 8.80. The summed E-state index contributed by atoms with van der Waals surface area (Å²) in [5, 5.41) is 13.7. The Bertz CT molecular complexity index is 948. The Labute approximate surface area is 156 Å². The van der Waals surface area contributed by atoms with Crippen molar-refractivity contribution in [3.63, 3.8) is 0 Å². The summed E-state index contributed by atoms with van der Waals surface area (Å²) in [6.45, 7) is 0.538. The highest BCUT2D eigenvalue weighted by Gasteiger charge is 2.35. The third-order valence-electron chi connectivity index (χ3n) is 4.81. The van der Waals surface area contributed by atoms with E-state index in [0.717, 1.165) is 11.3 Å². The zero-order chi connectivity index (χ0) is 18.8. The lowest BCUT2D eigenvalue weighted by atomic mass is 10.1. The molecule has 0 aliphatic carbocycles. The topological polar surface area (TPSA) is 95.9 Å². The quantitative estimate of drug-likeness (QED) is 0.713. The average Bonchev–Trinajstić information content (AvgIpc) is 3.39. The fourth-order valence-electron chi connectivity index (χ4n) is 3.34. The van der Waals surface area contributed by atoms with Crippen LogP contribution in [0, 0.1) is 0 Å². The van der Waals surface area contributed by atoms with Crippen LogP contribution in [0.15, 0.2) is 48.8 Å². The van der Waals surface area contributed by atoms with Gasteiger partial charge in [-0.3, -0.25) is 24.3 Å². The standard InChI is InChI=1S/C19H20N6O2/c1-24-16(11-13-5-3-2-4-6-13)14(12-21-24)18(26)22-15-8-10-25(19(15)27)17-7-9-20-23-17/h2-7,9,12,15H,8,10-11H2,1H3,(H,20,23)(H,22,26). The molecule has 2 N–H and O–H groups in total. The van der Waals surface area contributed by atoms with Gasteiger partial charge in [-0.05, 0) is 12.0 Å². The van der Waals surface area contributed by atoms with E-state index in [1.54, 1.807) is 28.0 Å². The molecule has 27 heavy (non-hydrogen) atoms. The number of aromatic nitrogens is 4. The van der Waals surface area contributed by atoms with Gasteiger partial charge in [0.15, 0.2) is 0 Å². The predicted octanol–water partition coefficient (Wildman–Crippen LogP) is 1.27. The van der Waals surface area contributed by atoms with E-state index < -0.39 is 6.04 Å². The molecule has 1 aliphatic rings. The van der Waals surface area contributed by atoms with Gasteiger partial charge in [0.25, 0.3) is 11.8 Å². The molecule has 0 saturated carbocycles. The van der Waals surface area contributed by atoms with E-state index in [4.69, 9.17) is 0 Å². The number of aromatic amines is 1. The van der Waals surface area contributed by atoms with Crippen molar-refractivity contribution in [1.82, 2.24) is 25.3 Å². The molecule has 1 atom stereocenters. The maximum atomic E-state index is 12.8. The lowest BCUT2D eigenvalue weighted by Gasteiger charge is -2.15. The van der Waals surface area contributed by atoms with Crippen LogP contribution in [-0.2, 0) is 18.3 Å². The Morgan fingerprint density at radius 3 is 2.85 bits per heavy atom. The molecule has 8 nitrogen and oxygen atoms in total. The van der Waals surface area contributed by atoms with Crippen molar-refractivity contribution in [3.05, 3.63) is 65.6 Å². The Morgan fingerprint density at radius 2 is 2.11 bits per heavy atom. The summed E-state index contributed by atoms with van der Waals surface area (Å²) in [6, 6.07) is 11.1. The molecule has 8 heteroatoms. The monoisotopic (exact) mass is 364 g/mol. The van der Waals surface area contributed by atoms with Gasteiger partial charge in [-0.2, -0.15) is 10.2 Å². The second-order valence-electron chi connectivity index (χ2n) is 6.54. The summed E-state index contributed by atoms with van der Waals surface area (Å²) >= 11 is 0. The Morgan fingerprint density at radius 1 is 1.30 bits per heavy atom. The van der Waals surface area contributed by atoms with Crippen LogP contribution in [0.1, 0.15) is 28.0 Å². The Kier molecular flexibility index (Phi) is 4.45. The number of rotatable bonds is 5. The van der Waals surface area contributed by atoms with E-state index in [1.807, 2.05) is 37.4 Å². The van der Waals surface area contributed by atoms with Gasteiger partial charge in [0.05, 0.1) is 23.7 Å². The molecule has 1 unspecified atom stereocenters. The van der Waals surface area contributed by atoms with E-state index in [2.05, 4.69) is 20.6 Å². The number of carbonyl (C=O) groups excluding carboxylic acids is 2. The molecule has 0 radical (unpaired) electrons. The van der Waals surface area contributed by atoms with Gasteiger partial charge >= 0.3 is 0 Å². The molecule has 2 amide bonds. The van der Waals surface area contributed by atoms with Crippen LogP contribution in [0.3, 0.4) is 0 Å². The van der Waals surface area contributed by atoms with Gasteiger partial charge in [0.2, 0.25) is 0 Å². The van der Waals surface area contributed by atoms with Crippen LogP contribution in [0.25, 0.3) is 0 Å². The second-order valence-corrected chi connectivity index (χ2v) is 6.54. The third-order valence-corrected chi connectivity index (χ3v) is 4.81. The molecule has 0 spiro atoms. The minimum Gasteiger partial charge on any atom is -0.340 e. The minimum absolute atomic E-state index is 0.138. The predicted molar refractivity (Wildman–Crippen MR) is 99.3 cm³/mol. The summed E-state index contributed by atoms with van der Waals surface area (Å²) in [6.07, 6.45) is 4.30. The van der Waals surface area contributed by atoms with Crippen LogP contribution in [0.5, 0.6) is 0 Å². The van der Waals surface area contributed by atoms with Gasteiger partial charge in [0.1, 0.15) is 11.9 Å². The fraction of sp³-hybridized carbons (Fsp3) is 0.263. The van der Waals surface area contributed by atoms with Crippen LogP contribution in [-0.4, -0.2) is 44.4 Å². The molecular formula is C19H20N6O2. The van der Waals surface area contributed by atoms with E-state index in [9.17, 15) is 9.59 Å². The fourth-order valence-corrected chi connectivity index (χ4v) is 3.34. The molecule has 3 aromatic rings. The smallest absolute Gasteiger partial charge is 0.255 e. The highest BCUT2D eigenvalue weighted by Crippen LogP contribution is 2.20. The van der Waals surface area contributed by atoms with Crippen LogP contribution in [0.2, 0.25) is 0 Å². The number of nitrogens with one attached hydrogen (secondary N) is 2. The molecule has 0 bridgehead atoms. The number of aryl methyl sites for hydroxylation is 1. The van der Waals surface area contributed by atoms with Crippen LogP contribution < -0.4 is 10.2 Å². The van der Waals surface area contributed by atoms with Gasteiger partial charge in [-0.25, -0.2) is 0 Å². The zero-order valence-electron chi connectivity index (χ0n) is 14.9. The molecule has 1 saturated heterocycles. The molecule has 2 aromatic heterocycles. The first kappa shape index (κ1) is 17.0. The largest absolute Gasteiger partial charge is 0.340 e. The summed E-state index contributed by atoms with van der Waals surface area (Å²) in [7, 11) is 1.82. The molecule has 1 aliphatic heterocycles. The molecule has 138 valence electrons. The molecule has 4 rings (SSSR count). The van der Waals surface area contributed by atoms with Crippen molar-refractivity contribution in [3.8, 4) is 0 Å². The van der Waals surface area contributed by atoms with Gasteiger partial charge in [0, 0.05) is 26.1 Å². The SMILES string of the molecule is Cn1ncc(C(=O)NC2CCN(c3ccn[nH]3)C2=O)c1Cc1ccccc1. The van der Waals surface area contributed by atoms with Gasteiger partial charge < -0.3 is 5.32 Å². The van der Waals surface area contributed by atoms with Crippen molar-refractivity contribution in [2.45, 2.75) is 18.9 Å². The summed E-state index contributed by atoms with van der Waals surface area (Å²) in [5.41, 5.74) is 2.40. The van der Waals surface area contributed by atoms with Crippen molar-refractivity contribution < 1.29 is 9.59 Å². The average molecular weight is 364 g/mol. The van der Waals surface area contributed by atoms with Gasteiger partial charge in [-0.15, -0.1) is 0 Å². The van der Waals surface area contributed by atoms with Crippen molar-refractivity contribution in [2.75, 3.05) is 11.4 Å². The van der Waals surface area contributed by atoms with E-state index in [-0.39, 0.29) is 11.8 Å². The zero-order valence-corrected chi connectivity index (χ0v) is 14.9. The van der Waals surface area contributed by atoms with Crippen LogP contribution in [0.4, 0.5) is 5.82 Å². The minimum atomic E-state index is -0.550. The van der Waals surface area contributed by atoms with E-state index in [0.29, 0.717) is 30.8 Å². The number of anilines is 1. The molecule has 1 aromatic carbocycles. The number of benzene rings is 1. The second kappa shape index (κ2) is 7.06. The van der Waals surface area contributed by atoms with Crippen molar-refractivity contribution in [2.24, 2.45) is 7.05 Å². The summed E-state index contributed by atoms with van der Waals surface area (Å²) in [5.74, 6) is 0.225. The van der Waals surface area contributed by atoms with E-state index >= 15 is 0 Å². The number of hydrogen-bond donors (Lipinski definition) is 2. The number of H-pyrrole nitrogens is 1.